The molecule has 29 heavy (non-hydrogen) atoms. The van der Waals surface area contributed by atoms with Gasteiger partial charge in [0.15, 0.2) is 5.58 Å². The fourth-order valence-electron chi connectivity index (χ4n) is 2.90. The number of aryl methyl sites for hydroxylation is 2. The number of oxazole rings is 1. The van der Waals surface area contributed by atoms with E-state index in [1.807, 2.05) is 37.3 Å². The van der Waals surface area contributed by atoms with E-state index in [4.69, 9.17) is 9.15 Å². The Morgan fingerprint density at radius 1 is 1.10 bits per heavy atom. The van der Waals surface area contributed by atoms with Crippen molar-refractivity contribution in [2.75, 3.05) is 5.32 Å². The third-order valence-electron chi connectivity index (χ3n) is 4.40. The van der Waals surface area contributed by atoms with Gasteiger partial charge in [-0.3, -0.25) is 9.36 Å². The number of hydrogen-bond acceptors (Lipinski definition) is 5. The van der Waals surface area contributed by atoms with Gasteiger partial charge in [0.05, 0.1) is 17.4 Å². The van der Waals surface area contributed by atoms with Crippen LogP contribution in [0.4, 0.5) is 5.69 Å². The van der Waals surface area contributed by atoms with Crippen molar-refractivity contribution in [2.24, 2.45) is 0 Å². The second-order valence-corrected chi connectivity index (χ2v) is 6.59. The number of nitrogens with one attached hydrogen (secondary N) is 1. The number of para-hydroxylation sites is 2. The highest BCUT2D eigenvalue weighted by atomic mass is 16.5. The summed E-state index contributed by atoms with van der Waals surface area (Å²) in [7, 11) is 0. The molecular weight excluding hydrogens is 370 g/mol. The van der Waals surface area contributed by atoms with E-state index in [9.17, 15) is 9.59 Å². The summed E-state index contributed by atoms with van der Waals surface area (Å²) in [6.07, 6.45) is 1.66. The van der Waals surface area contributed by atoms with Crippen molar-refractivity contribution in [3.63, 3.8) is 0 Å². The molecule has 0 aliphatic heterocycles. The third kappa shape index (κ3) is 4.35. The van der Waals surface area contributed by atoms with E-state index in [-0.39, 0.29) is 18.9 Å². The molecular formula is C22H19N3O4. The number of anilines is 1. The van der Waals surface area contributed by atoms with Gasteiger partial charge >= 0.3 is 5.76 Å². The second-order valence-electron chi connectivity index (χ2n) is 6.59. The normalized spacial score (nSPS) is 10.8. The van der Waals surface area contributed by atoms with E-state index >= 15 is 0 Å². The Kier molecular flexibility index (Phi) is 5.11. The zero-order chi connectivity index (χ0) is 20.2. The van der Waals surface area contributed by atoms with Crippen molar-refractivity contribution in [3.05, 3.63) is 83.0 Å². The first-order chi connectivity index (χ1) is 14.1. The van der Waals surface area contributed by atoms with Crippen LogP contribution in [-0.4, -0.2) is 15.5 Å². The van der Waals surface area contributed by atoms with Crippen LogP contribution in [0, 0.1) is 6.92 Å². The summed E-state index contributed by atoms with van der Waals surface area (Å²) in [5, 5.41) is 2.77. The minimum atomic E-state index is -0.474. The number of hydrogen-bond donors (Lipinski definition) is 1. The minimum Gasteiger partial charge on any atom is -0.439 e. The van der Waals surface area contributed by atoms with Crippen molar-refractivity contribution in [1.29, 1.82) is 0 Å². The summed E-state index contributed by atoms with van der Waals surface area (Å²) in [6.45, 7) is 2.23. The Labute approximate surface area is 166 Å². The lowest BCUT2D eigenvalue weighted by molar-refractivity contribution is -0.116. The maximum atomic E-state index is 12.2. The van der Waals surface area contributed by atoms with Crippen molar-refractivity contribution in [3.8, 4) is 11.6 Å². The molecule has 0 saturated heterocycles. The highest BCUT2D eigenvalue weighted by molar-refractivity contribution is 5.90. The Morgan fingerprint density at radius 2 is 1.90 bits per heavy atom. The topological polar surface area (TPSA) is 86.4 Å². The standard InChI is InChI=1S/C22H19N3O4/c1-15-6-9-17(10-7-15)28-21-11-8-16(14-23-21)24-20(26)12-13-25-18-4-2-3-5-19(18)29-22(25)27/h2-11,14H,12-13H2,1H3,(H,24,26). The summed E-state index contributed by atoms with van der Waals surface area (Å²) in [5.41, 5.74) is 2.88. The number of pyridine rings is 1. The van der Waals surface area contributed by atoms with Gasteiger partial charge in [0.25, 0.3) is 0 Å². The predicted octanol–water partition coefficient (Wildman–Crippen LogP) is 4.12. The lowest BCUT2D eigenvalue weighted by Crippen LogP contribution is -2.19. The van der Waals surface area contributed by atoms with E-state index < -0.39 is 5.76 Å². The molecule has 2 aromatic carbocycles. The van der Waals surface area contributed by atoms with Gasteiger partial charge in [-0.15, -0.1) is 0 Å². The summed E-state index contributed by atoms with van der Waals surface area (Å²) >= 11 is 0. The molecule has 0 radical (unpaired) electrons. The summed E-state index contributed by atoms with van der Waals surface area (Å²) in [5.74, 6) is 0.426. The first-order valence-electron chi connectivity index (χ1n) is 9.17. The number of ether oxygens (including phenoxy) is 1. The van der Waals surface area contributed by atoms with Crippen LogP contribution >= 0.6 is 0 Å². The van der Waals surface area contributed by atoms with Crippen molar-refractivity contribution < 1.29 is 13.9 Å². The average Bonchev–Trinajstić information content (AvgIpc) is 3.04. The lowest BCUT2D eigenvalue weighted by Gasteiger charge is -2.08. The molecule has 1 amide bonds. The number of rotatable bonds is 6. The fourth-order valence-corrected chi connectivity index (χ4v) is 2.90. The van der Waals surface area contributed by atoms with E-state index in [0.29, 0.717) is 28.4 Å². The van der Waals surface area contributed by atoms with E-state index in [2.05, 4.69) is 10.3 Å². The molecule has 0 saturated carbocycles. The average molecular weight is 389 g/mol. The van der Waals surface area contributed by atoms with Gasteiger partial charge in [0.2, 0.25) is 11.8 Å². The number of carbonyl (C=O) groups excluding carboxylic acids is 1. The smallest absolute Gasteiger partial charge is 0.419 e. The molecule has 0 fully saturated rings. The van der Waals surface area contributed by atoms with Crippen LogP contribution in [0.1, 0.15) is 12.0 Å². The second kappa shape index (κ2) is 8.02. The quantitative estimate of drug-likeness (QED) is 0.536. The van der Waals surface area contributed by atoms with E-state index in [1.54, 1.807) is 30.3 Å². The van der Waals surface area contributed by atoms with E-state index in [1.165, 1.54) is 10.8 Å². The summed E-state index contributed by atoms with van der Waals surface area (Å²) < 4.78 is 12.3. The van der Waals surface area contributed by atoms with Crippen LogP contribution < -0.4 is 15.8 Å². The number of nitrogens with zero attached hydrogens (tertiary/aromatic N) is 2. The summed E-state index contributed by atoms with van der Waals surface area (Å²) in [4.78, 5) is 28.4. The van der Waals surface area contributed by atoms with Crippen LogP contribution in [0.15, 0.2) is 76.1 Å². The largest absolute Gasteiger partial charge is 0.439 e. The van der Waals surface area contributed by atoms with Crippen LogP contribution in [0.2, 0.25) is 0 Å². The highest BCUT2D eigenvalue weighted by Gasteiger charge is 2.11. The van der Waals surface area contributed by atoms with Gasteiger partial charge in [-0.05, 0) is 37.3 Å². The van der Waals surface area contributed by atoms with Gasteiger partial charge in [-0.1, -0.05) is 29.8 Å². The lowest BCUT2D eigenvalue weighted by atomic mass is 10.2. The molecule has 146 valence electrons. The molecule has 7 nitrogen and oxygen atoms in total. The van der Waals surface area contributed by atoms with Gasteiger partial charge in [-0.2, -0.15) is 0 Å². The van der Waals surface area contributed by atoms with Gasteiger partial charge < -0.3 is 14.5 Å². The SMILES string of the molecule is Cc1ccc(Oc2ccc(NC(=O)CCn3c(=O)oc4ccccc43)cn2)cc1. The van der Waals surface area contributed by atoms with Crippen molar-refractivity contribution >= 4 is 22.7 Å². The number of aromatic nitrogens is 2. The Balaban J connectivity index is 1.35. The molecule has 2 aromatic heterocycles. The number of amides is 1. The molecule has 0 bridgehead atoms. The monoisotopic (exact) mass is 389 g/mol. The fraction of sp³-hybridized carbons (Fsp3) is 0.136. The summed E-state index contributed by atoms with van der Waals surface area (Å²) in [6, 6.07) is 18.2. The van der Waals surface area contributed by atoms with Gasteiger partial charge in [-0.25, -0.2) is 9.78 Å². The Bertz CT molecular complexity index is 1190. The van der Waals surface area contributed by atoms with Crippen LogP contribution in [0.5, 0.6) is 11.6 Å². The molecule has 2 heterocycles. The molecule has 1 N–H and O–H groups in total. The Hall–Kier alpha value is -3.87. The predicted molar refractivity (Wildman–Crippen MR) is 109 cm³/mol. The Morgan fingerprint density at radius 3 is 2.66 bits per heavy atom. The first-order valence-corrected chi connectivity index (χ1v) is 9.17. The number of fused-ring (bicyclic) bond motifs is 1. The van der Waals surface area contributed by atoms with Crippen molar-refractivity contribution in [2.45, 2.75) is 19.9 Å². The molecule has 0 unspecified atom stereocenters. The van der Waals surface area contributed by atoms with Crippen LogP contribution in [0.25, 0.3) is 11.1 Å². The molecule has 0 aliphatic rings. The minimum absolute atomic E-state index is 0.130. The van der Waals surface area contributed by atoms with Gasteiger partial charge in [0.1, 0.15) is 5.75 Å². The van der Waals surface area contributed by atoms with Crippen molar-refractivity contribution in [1.82, 2.24) is 9.55 Å². The van der Waals surface area contributed by atoms with Gasteiger partial charge in [0, 0.05) is 19.0 Å². The molecule has 0 aliphatic carbocycles. The first kappa shape index (κ1) is 18.5. The van der Waals surface area contributed by atoms with Crippen LogP contribution in [-0.2, 0) is 11.3 Å². The van der Waals surface area contributed by atoms with Crippen LogP contribution in [0.3, 0.4) is 0 Å². The molecule has 0 spiro atoms. The molecule has 7 heteroatoms. The molecule has 4 rings (SSSR count). The number of carbonyl (C=O) groups is 1. The highest BCUT2D eigenvalue weighted by Crippen LogP contribution is 2.21. The molecule has 0 atom stereocenters. The zero-order valence-corrected chi connectivity index (χ0v) is 15.8. The zero-order valence-electron chi connectivity index (χ0n) is 15.8. The molecule has 4 aromatic rings. The maximum Gasteiger partial charge on any atom is 0.419 e. The number of benzene rings is 2. The van der Waals surface area contributed by atoms with E-state index in [0.717, 1.165) is 5.56 Å². The third-order valence-corrected chi connectivity index (χ3v) is 4.40. The maximum absolute atomic E-state index is 12.2.